The lowest BCUT2D eigenvalue weighted by Crippen LogP contribution is -2.22. The number of benzene rings is 1. The van der Waals surface area contributed by atoms with Crippen LogP contribution in [0.5, 0.6) is 0 Å². The Morgan fingerprint density at radius 3 is 2.55 bits per heavy atom. The summed E-state index contributed by atoms with van der Waals surface area (Å²) in [7, 11) is 0. The Morgan fingerprint density at radius 1 is 1.30 bits per heavy atom. The summed E-state index contributed by atoms with van der Waals surface area (Å²) in [5.74, 6) is 1.31. The number of ether oxygens (including phenoxy) is 1. The molecule has 4 atom stereocenters. The van der Waals surface area contributed by atoms with E-state index < -0.39 is 0 Å². The lowest BCUT2D eigenvalue weighted by molar-refractivity contribution is -0.151. The first-order valence-corrected chi connectivity index (χ1v) is 7.66. The Balaban J connectivity index is 1.58. The molecule has 0 saturated heterocycles. The van der Waals surface area contributed by atoms with Gasteiger partial charge in [0.25, 0.3) is 0 Å². The molecule has 1 aromatic carbocycles. The van der Waals surface area contributed by atoms with Gasteiger partial charge in [-0.2, -0.15) is 0 Å². The monoisotopic (exact) mass is 272 g/mol. The lowest BCUT2D eigenvalue weighted by Gasteiger charge is -2.20. The quantitative estimate of drug-likeness (QED) is 0.775. The zero-order chi connectivity index (χ0) is 14.5. The van der Waals surface area contributed by atoms with Gasteiger partial charge >= 0.3 is 5.97 Å². The first-order chi connectivity index (χ1) is 9.39. The number of carbonyl (C=O) groups is 1. The summed E-state index contributed by atoms with van der Waals surface area (Å²) in [5.41, 5.74) is 2.73. The van der Waals surface area contributed by atoms with Crippen LogP contribution in [0.2, 0.25) is 0 Å². The largest absolute Gasteiger partial charge is 0.462 e. The molecule has 2 fully saturated rings. The van der Waals surface area contributed by atoms with Crippen molar-refractivity contribution in [2.45, 2.75) is 52.6 Å². The Morgan fingerprint density at radius 2 is 1.95 bits per heavy atom. The number of hydrogen-bond donors (Lipinski definition) is 0. The molecule has 0 aliphatic heterocycles. The third kappa shape index (κ3) is 2.25. The molecule has 0 amide bonds. The van der Waals surface area contributed by atoms with Crippen molar-refractivity contribution in [1.29, 1.82) is 0 Å². The lowest BCUT2D eigenvalue weighted by atomic mass is 9.98. The minimum Gasteiger partial charge on any atom is -0.462 e. The zero-order valence-electron chi connectivity index (χ0n) is 12.8. The third-order valence-electron chi connectivity index (χ3n) is 5.50. The van der Waals surface area contributed by atoms with Crippen molar-refractivity contribution in [1.82, 2.24) is 0 Å². The summed E-state index contributed by atoms with van der Waals surface area (Å²) < 4.78 is 5.72. The maximum absolute atomic E-state index is 12.3. The smallest absolute Gasteiger partial charge is 0.313 e. The first kappa shape index (κ1) is 13.7. The van der Waals surface area contributed by atoms with Gasteiger partial charge in [0, 0.05) is 0 Å². The van der Waals surface area contributed by atoms with Gasteiger partial charge in [-0.05, 0) is 49.5 Å². The second-order valence-corrected chi connectivity index (χ2v) is 7.20. The van der Waals surface area contributed by atoms with Crippen LogP contribution in [0.4, 0.5) is 0 Å². The number of esters is 1. The van der Waals surface area contributed by atoms with Gasteiger partial charge in [-0.15, -0.1) is 0 Å². The first-order valence-electron chi connectivity index (χ1n) is 7.66. The molecule has 0 aromatic heterocycles. The van der Waals surface area contributed by atoms with Crippen LogP contribution in [-0.4, -0.2) is 12.1 Å². The zero-order valence-corrected chi connectivity index (χ0v) is 12.8. The average molecular weight is 272 g/mol. The molecule has 0 spiro atoms. The number of aryl methyl sites for hydroxylation is 1. The fourth-order valence-corrected chi connectivity index (χ4v) is 3.89. The van der Waals surface area contributed by atoms with Crippen molar-refractivity contribution in [3.63, 3.8) is 0 Å². The van der Waals surface area contributed by atoms with Crippen LogP contribution >= 0.6 is 0 Å². The highest BCUT2D eigenvalue weighted by atomic mass is 16.5. The fraction of sp³-hybridized carbons (Fsp3) is 0.611. The summed E-state index contributed by atoms with van der Waals surface area (Å²) in [6, 6.07) is 8.13. The highest BCUT2D eigenvalue weighted by Gasteiger charge is 2.62. The van der Waals surface area contributed by atoms with Gasteiger partial charge in [0.05, 0.1) is 5.92 Å². The van der Waals surface area contributed by atoms with Gasteiger partial charge in [-0.3, -0.25) is 4.79 Å². The number of carbonyl (C=O) groups excluding carboxylic acids is 1. The average Bonchev–Trinajstić information content (AvgIpc) is 2.78. The Bertz CT molecular complexity index is 518. The van der Waals surface area contributed by atoms with Gasteiger partial charge in [-0.25, -0.2) is 0 Å². The molecule has 0 heterocycles. The molecule has 2 saturated carbocycles. The van der Waals surface area contributed by atoms with Crippen molar-refractivity contribution >= 4 is 5.97 Å². The van der Waals surface area contributed by atoms with E-state index in [9.17, 15) is 4.79 Å². The van der Waals surface area contributed by atoms with Crippen molar-refractivity contribution in [3.05, 3.63) is 35.4 Å². The summed E-state index contributed by atoms with van der Waals surface area (Å²) in [5, 5.41) is 0. The van der Waals surface area contributed by atoms with Gasteiger partial charge in [-0.1, -0.05) is 43.7 Å². The van der Waals surface area contributed by atoms with Crippen LogP contribution in [0.3, 0.4) is 0 Å². The molecule has 0 radical (unpaired) electrons. The van der Waals surface area contributed by atoms with Crippen molar-refractivity contribution in [2.75, 3.05) is 0 Å². The summed E-state index contributed by atoms with van der Waals surface area (Å²) >= 11 is 0. The second kappa shape index (κ2) is 4.61. The summed E-state index contributed by atoms with van der Waals surface area (Å²) in [4.78, 5) is 12.3. The predicted molar refractivity (Wildman–Crippen MR) is 79.5 cm³/mol. The van der Waals surface area contributed by atoms with E-state index >= 15 is 0 Å². The molecule has 1 aromatic rings. The Labute approximate surface area is 121 Å². The van der Waals surface area contributed by atoms with Gasteiger partial charge in [0.2, 0.25) is 0 Å². The van der Waals surface area contributed by atoms with E-state index in [4.69, 9.17) is 4.74 Å². The topological polar surface area (TPSA) is 26.3 Å². The van der Waals surface area contributed by atoms with Crippen molar-refractivity contribution < 1.29 is 9.53 Å². The SMILES string of the molecule is Cc1cccc(C(C)C(=O)OC2C[C@@H]3[C@H](C2)C3(C)C)c1. The van der Waals surface area contributed by atoms with Crippen molar-refractivity contribution in [2.24, 2.45) is 17.3 Å². The van der Waals surface area contributed by atoms with Gasteiger partial charge in [0.1, 0.15) is 6.10 Å². The van der Waals surface area contributed by atoms with Crippen LogP contribution in [0.1, 0.15) is 50.7 Å². The molecule has 3 rings (SSSR count). The standard InChI is InChI=1S/C18H24O2/c1-11-6-5-7-13(8-11)12(2)17(19)20-14-9-15-16(10-14)18(15,3)4/h5-8,12,14-16H,9-10H2,1-4H3/t12?,14?,15-,16+. The van der Waals surface area contributed by atoms with Crippen LogP contribution in [0.25, 0.3) is 0 Å². The van der Waals surface area contributed by atoms with Gasteiger partial charge in [0.15, 0.2) is 0 Å². The molecular formula is C18H24O2. The maximum Gasteiger partial charge on any atom is 0.313 e. The molecule has 2 heteroatoms. The number of fused-ring (bicyclic) bond motifs is 1. The molecule has 20 heavy (non-hydrogen) atoms. The van der Waals surface area contributed by atoms with Gasteiger partial charge < -0.3 is 4.74 Å². The fourth-order valence-electron chi connectivity index (χ4n) is 3.89. The van der Waals surface area contributed by atoms with Crippen LogP contribution in [0, 0.1) is 24.2 Å². The molecule has 2 nitrogen and oxygen atoms in total. The van der Waals surface area contributed by atoms with Crippen molar-refractivity contribution in [3.8, 4) is 0 Å². The van der Waals surface area contributed by atoms with E-state index in [0.717, 1.165) is 30.2 Å². The molecular weight excluding hydrogens is 248 g/mol. The third-order valence-corrected chi connectivity index (χ3v) is 5.50. The summed E-state index contributed by atoms with van der Waals surface area (Å²) in [6.07, 6.45) is 2.27. The molecule has 2 aliphatic rings. The van der Waals surface area contributed by atoms with Crippen LogP contribution < -0.4 is 0 Å². The predicted octanol–water partition coefficient (Wildman–Crippen LogP) is 4.08. The second-order valence-electron chi connectivity index (χ2n) is 7.20. The highest BCUT2D eigenvalue weighted by molar-refractivity contribution is 5.78. The van der Waals surface area contributed by atoms with E-state index in [1.807, 2.05) is 32.0 Å². The maximum atomic E-state index is 12.3. The van der Waals surface area contributed by atoms with E-state index in [-0.39, 0.29) is 18.0 Å². The minimum absolute atomic E-state index is 0.0697. The Kier molecular flexibility index (Phi) is 3.15. The van der Waals surface area contributed by atoms with E-state index in [1.165, 1.54) is 5.56 Å². The van der Waals surface area contributed by atoms with Crippen LogP contribution in [0.15, 0.2) is 24.3 Å². The molecule has 0 N–H and O–H groups in total. The normalized spacial score (nSPS) is 31.5. The van der Waals surface area contributed by atoms with E-state index in [2.05, 4.69) is 19.9 Å². The van der Waals surface area contributed by atoms with E-state index in [1.54, 1.807) is 0 Å². The van der Waals surface area contributed by atoms with Crippen LogP contribution in [-0.2, 0) is 9.53 Å². The Hall–Kier alpha value is -1.31. The number of rotatable bonds is 3. The minimum atomic E-state index is -0.167. The molecule has 108 valence electrons. The summed E-state index contributed by atoms with van der Waals surface area (Å²) in [6.45, 7) is 8.65. The molecule has 2 unspecified atom stereocenters. The number of hydrogen-bond acceptors (Lipinski definition) is 2. The van der Waals surface area contributed by atoms with E-state index in [0.29, 0.717) is 5.41 Å². The molecule has 0 bridgehead atoms. The molecule has 2 aliphatic carbocycles. The highest BCUT2D eigenvalue weighted by Crippen LogP contribution is 2.67.